The van der Waals surface area contributed by atoms with Crippen molar-refractivity contribution in [1.29, 1.82) is 0 Å². The number of nitrogens with two attached hydrogens (primary N) is 1. The van der Waals surface area contributed by atoms with Crippen LogP contribution in [0.2, 0.25) is 0 Å². The standard InChI is InChI=1S/C16H24N2O3/c1-20-14-7-6-12(11-18-16(19)8-9-17)15(10-14)21-13-4-2-3-5-13/h6-7,10,13H,2-5,8-9,11,17H2,1H3,(H,18,19). The Bertz CT molecular complexity index is 471. The molecule has 0 bridgehead atoms. The fourth-order valence-electron chi connectivity index (χ4n) is 2.52. The fraction of sp³-hybridized carbons (Fsp3) is 0.562. The summed E-state index contributed by atoms with van der Waals surface area (Å²) in [7, 11) is 1.64. The maximum Gasteiger partial charge on any atom is 0.221 e. The first-order valence-corrected chi connectivity index (χ1v) is 7.53. The Hall–Kier alpha value is -1.75. The minimum atomic E-state index is -0.0415. The Labute approximate surface area is 125 Å². The molecule has 1 fully saturated rings. The van der Waals surface area contributed by atoms with E-state index in [4.69, 9.17) is 15.2 Å². The van der Waals surface area contributed by atoms with Gasteiger partial charge in [-0.25, -0.2) is 0 Å². The number of nitrogens with one attached hydrogen (secondary N) is 1. The molecule has 0 heterocycles. The Morgan fingerprint density at radius 2 is 2.14 bits per heavy atom. The molecule has 21 heavy (non-hydrogen) atoms. The molecule has 3 N–H and O–H groups in total. The third-order valence-corrected chi connectivity index (χ3v) is 3.72. The summed E-state index contributed by atoms with van der Waals surface area (Å²) in [6.45, 7) is 0.810. The predicted molar refractivity (Wildman–Crippen MR) is 81.4 cm³/mol. The molecule has 1 amide bonds. The molecule has 5 heteroatoms. The number of benzene rings is 1. The third-order valence-electron chi connectivity index (χ3n) is 3.72. The molecule has 116 valence electrons. The summed E-state index contributed by atoms with van der Waals surface area (Å²) < 4.78 is 11.3. The lowest BCUT2D eigenvalue weighted by molar-refractivity contribution is -0.121. The highest BCUT2D eigenvalue weighted by Crippen LogP contribution is 2.29. The minimum Gasteiger partial charge on any atom is -0.497 e. The third kappa shape index (κ3) is 4.63. The van der Waals surface area contributed by atoms with Crippen LogP contribution in [0.25, 0.3) is 0 Å². The average molecular weight is 292 g/mol. The Balaban J connectivity index is 2.05. The molecule has 1 saturated carbocycles. The monoisotopic (exact) mass is 292 g/mol. The quantitative estimate of drug-likeness (QED) is 0.806. The molecule has 1 aromatic carbocycles. The van der Waals surface area contributed by atoms with Gasteiger partial charge < -0.3 is 20.5 Å². The topological polar surface area (TPSA) is 73.6 Å². The summed E-state index contributed by atoms with van der Waals surface area (Å²) in [4.78, 5) is 11.5. The van der Waals surface area contributed by atoms with E-state index >= 15 is 0 Å². The van der Waals surface area contributed by atoms with Crippen molar-refractivity contribution in [3.63, 3.8) is 0 Å². The number of amides is 1. The summed E-state index contributed by atoms with van der Waals surface area (Å²) in [5.74, 6) is 1.52. The molecule has 0 aliphatic heterocycles. The van der Waals surface area contributed by atoms with Gasteiger partial charge in [-0.1, -0.05) is 0 Å². The van der Waals surface area contributed by atoms with Gasteiger partial charge in [-0.3, -0.25) is 4.79 Å². The van der Waals surface area contributed by atoms with Gasteiger partial charge >= 0.3 is 0 Å². The molecule has 2 rings (SSSR count). The summed E-state index contributed by atoms with van der Waals surface area (Å²) in [6.07, 6.45) is 5.24. The van der Waals surface area contributed by atoms with E-state index in [0.29, 0.717) is 19.5 Å². The van der Waals surface area contributed by atoms with Crippen LogP contribution in [0.3, 0.4) is 0 Å². The predicted octanol–water partition coefficient (Wildman–Crippen LogP) is 1.98. The molecule has 1 aliphatic rings. The molecule has 0 aromatic heterocycles. The zero-order valence-electron chi connectivity index (χ0n) is 12.6. The van der Waals surface area contributed by atoms with E-state index in [0.717, 1.165) is 29.9 Å². The maximum absolute atomic E-state index is 11.5. The second-order valence-corrected chi connectivity index (χ2v) is 5.31. The number of hydrogen-bond acceptors (Lipinski definition) is 4. The molecular formula is C16H24N2O3. The van der Waals surface area contributed by atoms with E-state index in [1.54, 1.807) is 7.11 Å². The SMILES string of the molecule is COc1ccc(CNC(=O)CCN)c(OC2CCCC2)c1. The van der Waals surface area contributed by atoms with Gasteiger partial charge in [0.25, 0.3) is 0 Å². The van der Waals surface area contributed by atoms with E-state index in [1.807, 2.05) is 18.2 Å². The fourth-order valence-corrected chi connectivity index (χ4v) is 2.52. The number of carbonyl (C=O) groups is 1. The van der Waals surface area contributed by atoms with Crippen molar-refractivity contribution in [3.8, 4) is 11.5 Å². The summed E-state index contributed by atoms with van der Waals surface area (Å²) >= 11 is 0. The van der Waals surface area contributed by atoms with Crippen molar-refractivity contribution in [2.24, 2.45) is 5.73 Å². The smallest absolute Gasteiger partial charge is 0.221 e. The molecule has 0 spiro atoms. The van der Waals surface area contributed by atoms with Gasteiger partial charge in [0, 0.05) is 31.1 Å². The first-order valence-electron chi connectivity index (χ1n) is 7.53. The zero-order valence-corrected chi connectivity index (χ0v) is 12.6. The van der Waals surface area contributed by atoms with Crippen LogP contribution in [-0.4, -0.2) is 25.7 Å². The number of carbonyl (C=O) groups excluding carboxylic acids is 1. The van der Waals surface area contributed by atoms with Crippen LogP contribution < -0.4 is 20.5 Å². The van der Waals surface area contributed by atoms with E-state index < -0.39 is 0 Å². The average Bonchev–Trinajstić information content (AvgIpc) is 2.99. The summed E-state index contributed by atoms with van der Waals surface area (Å²) in [5.41, 5.74) is 6.34. The molecule has 0 saturated heterocycles. The van der Waals surface area contributed by atoms with Crippen LogP contribution in [0.5, 0.6) is 11.5 Å². The highest BCUT2D eigenvalue weighted by Gasteiger charge is 2.18. The van der Waals surface area contributed by atoms with Crippen molar-refractivity contribution in [2.45, 2.75) is 44.8 Å². The second kappa shape index (κ2) is 7.88. The lowest BCUT2D eigenvalue weighted by atomic mass is 10.1. The van der Waals surface area contributed by atoms with Crippen molar-refractivity contribution < 1.29 is 14.3 Å². The normalized spacial score (nSPS) is 15.0. The number of rotatable bonds is 7. The molecule has 0 unspecified atom stereocenters. The highest BCUT2D eigenvalue weighted by molar-refractivity contribution is 5.76. The molecule has 1 aromatic rings. The highest BCUT2D eigenvalue weighted by atomic mass is 16.5. The van der Waals surface area contributed by atoms with Gasteiger partial charge in [-0.05, 0) is 37.8 Å². The Morgan fingerprint density at radius 1 is 1.38 bits per heavy atom. The van der Waals surface area contributed by atoms with Gasteiger partial charge in [0.1, 0.15) is 11.5 Å². The van der Waals surface area contributed by atoms with Crippen LogP contribution in [0.15, 0.2) is 18.2 Å². The molecule has 0 atom stereocenters. The van der Waals surface area contributed by atoms with Crippen molar-refractivity contribution in [1.82, 2.24) is 5.32 Å². The Morgan fingerprint density at radius 3 is 2.81 bits per heavy atom. The largest absolute Gasteiger partial charge is 0.497 e. The number of methoxy groups -OCH3 is 1. The van der Waals surface area contributed by atoms with Gasteiger partial charge in [0.2, 0.25) is 5.91 Å². The zero-order chi connectivity index (χ0) is 15.1. The molecule has 1 aliphatic carbocycles. The number of ether oxygens (including phenoxy) is 2. The minimum absolute atomic E-state index is 0.0415. The summed E-state index contributed by atoms with van der Waals surface area (Å²) in [6, 6.07) is 5.71. The molecule has 0 radical (unpaired) electrons. The van der Waals surface area contributed by atoms with Crippen molar-refractivity contribution in [3.05, 3.63) is 23.8 Å². The second-order valence-electron chi connectivity index (χ2n) is 5.31. The number of hydrogen-bond donors (Lipinski definition) is 2. The van der Waals surface area contributed by atoms with Crippen LogP contribution >= 0.6 is 0 Å². The van der Waals surface area contributed by atoms with E-state index in [2.05, 4.69) is 5.32 Å². The van der Waals surface area contributed by atoms with Gasteiger partial charge in [-0.2, -0.15) is 0 Å². The molecular weight excluding hydrogens is 268 g/mol. The van der Waals surface area contributed by atoms with Crippen molar-refractivity contribution in [2.75, 3.05) is 13.7 Å². The maximum atomic E-state index is 11.5. The lowest BCUT2D eigenvalue weighted by Gasteiger charge is -2.18. The van der Waals surface area contributed by atoms with E-state index in [-0.39, 0.29) is 12.0 Å². The first-order chi connectivity index (χ1) is 10.2. The van der Waals surface area contributed by atoms with Crippen molar-refractivity contribution >= 4 is 5.91 Å². The lowest BCUT2D eigenvalue weighted by Crippen LogP contribution is -2.25. The molecule has 5 nitrogen and oxygen atoms in total. The van der Waals surface area contributed by atoms with Crippen LogP contribution in [0.1, 0.15) is 37.7 Å². The Kier molecular flexibility index (Phi) is 5.87. The summed E-state index contributed by atoms with van der Waals surface area (Å²) in [5, 5.41) is 2.86. The van der Waals surface area contributed by atoms with E-state index in [1.165, 1.54) is 12.8 Å². The van der Waals surface area contributed by atoms with Gasteiger partial charge in [0.05, 0.1) is 13.2 Å². The van der Waals surface area contributed by atoms with E-state index in [9.17, 15) is 4.79 Å². The van der Waals surface area contributed by atoms with Crippen LogP contribution in [0.4, 0.5) is 0 Å². The van der Waals surface area contributed by atoms with Crippen LogP contribution in [0, 0.1) is 0 Å². The van der Waals surface area contributed by atoms with Gasteiger partial charge in [-0.15, -0.1) is 0 Å². The van der Waals surface area contributed by atoms with Gasteiger partial charge in [0.15, 0.2) is 0 Å². The van der Waals surface area contributed by atoms with Crippen LogP contribution in [-0.2, 0) is 11.3 Å². The first kappa shape index (κ1) is 15.6.